The lowest BCUT2D eigenvalue weighted by Gasteiger charge is -2.08. The first-order valence-electron chi connectivity index (χ1n) is 6.99. The number of aromatic hydroxyl groups is 2. The summed E-state index contributed by atoms with van der Waals surface area (Å²) in [5.74, 6) is -0.204. The lowest BCUT2D eigenvalue weighted by molar-refractivity contribution is -0.123. The zero-order valence-corrected chi connectivity index (χ0v) is 12.9. The highest BCUT2D eigenvalue weighted by Crippen LogP contribution is 2.24. The van der Waals surface area contributed by atoms with E-state index >= 15 is 0 Å². The molecule has 0 radical (unpaired) electrons. The fourth-order valence-corrected chi connectivity index (χ4v) is 1.84. The molecule has 3 N–H and O–H groups in total. The van der Waals surface area contributed by atoms with Crippen LogP contribution in [0.3, 0.4) is 0 Å². The molecule has 0 heterocycles. The smallest absolute Gasteiger partial charge is 0.277 e. The number of hydrogen-bond acceptors (Lipinski definition) is 5. The molecule has 0 aliphatic carbocycles. The Morgan fingerprint density at radius 2 is 1.96 bits per heavy atom. The van der Waals surface area contributed by atoms with E-state index in [9.17, 15) is 15.0 Å². The van der Waals surface area contributed by atoms with Gasteiger partial charge in [0, 0.05) is 0 Å². The Kier molecular flexibility index (Phi) is 5.19. The molecular formula is C17H18N2O4. The van der Waals surface area contributed by atoms with Crippen molar-refractivity contribution < 1.29 is 19.7 Å². The molecule has 2 aromatic rings. The summed E-state index contributed by atoms with van der Waals surface area (Å²) in [7, 11) is 0. The first-order chi connectivity index (χ1) is 11.0. The van der Waals surface area contributed by atoms with E-state index < -0.39 is 5.91 Å². The van der Waals surface area contributed by atoms with Crippen molar-refractivity contribution in [1.29, 1.82) is 0 Å². The van der Waals surface area contributed by atoms with Crippen molar-refractivity contribution in [3.8, 4) is 17.2 Å². The van der Waals surface area contributed by atoms with Gasteiger partial charge in [0.1, 0.15) is 5.75 Å². The molecule has 0 unspecified atom stereocenters. The monoisotopic (exact) mass is 314 g/mol. The Morgan fingerprint density at radius 3 is 2.70 bits per heavy atom. The molecule has 0 aromatic heterocycles. The maximum atomic E-state index is 11.7. The number of phenolic OH excluding ortho intramolecular Hbond substituents is 2. The Balaban J connectivity index is 1.86. The van der Waals surface area contributed by atoms with Crippen molar-refractivity contribution in [1.82, 2.24) is 5.43 Å². The zero-order valence-electron chi connectivity index (χ0n) is 12.9. The molecule has 23 heavy (non-hydrogen) atoms. The van der Waals surface area contributed by atoms with E-state index in [1.807, 2.05) is 32.0 Å². The lowest BCUT2D eigenvalue weighted by atomic mass is 10.1. The molecule has 2 aromatic carbocycles. The van der Waals surface area contributed by atoms with Gasteiger partial charge >= 0.3 is 0 Å². The largest absolute Gasteiger partial charge is 0.504 e. The molecule has 2 rings (SSSR count). The highest BCUT2D eigenvalue weighted by atomic mass is 16.5. The number of aryl methyl sites for hydroxylation is 2. The number of nitrogens with zero attached hydrogens (tertiary/aromatic N) is 1. The van der Waals surface area contributed by atoms with Crippen LogP contribution < -0.4 is 10.2 Å². The van der Waals surface area contributed by atoms with Crippen molar-refractivity contribution in [2.45, 2.75) is 13.8 Å². The number of benzene rings is 2. The summed E-state index contributed by atoms with van der Waals surface area (Å²) in [6, 6.07) is 9.99. The zero-order chi connectivity index (χ0) is 16.8. The van der Waals surface area contributed by atoms with Gasteiger partial charge in [-0.15, -0.1) is 0 Å². The fourth-order valence-electron chi connectivity index (χ4n) is 1.84. The third-order valence-electron chi connectivity index (χ3n) is 3.10. The van der Waals surface area contributed by atoms with Crippen LogP contribution in [0.4, 0.5) is 0 Å². The van der Waals surface area contributed by atoms with E-state index in [1.165, 1.54) is 18.3 Å². The summed E-state index contributed by atoms with van der Waals surface area (Å²) < 4.78 is 5.46. The van der Waals surface area contributed by atoms with E-state index in [4.69, 9.17) is 4.74 Å². The van der Waals surface area contributed by atoms with Crippen molar-refractivity contribution >= 4 is 12.1 Å². The fraction of sp³-hybridized carbons (Fsp3) is 0.176. The van der Waals surface area contributed by atoms with E-state index in [2.05, 4.69) is 10.5 Å². The second kappa shape index (κ2) is 7.31. The normalized spacial score (nSPS) is 10.7. The maximum absolute atomic E-state index is 11.7. The number of carbonyl (C=O) groups is 1. The second-order valence-corrected chi connectivity index (χ2v) is 5.10. The summed E-state index contributed by atoms with van der Waals surface area (Å²) in [6.07, 6.45) is 1.36. The number of ether oxygens (including phenoxy) is 1. The predicted octanol–water partition coefficient (Wildman–Crippen LogP) is 2.24. The molecular weight excluding hydrogens is 296 g/mol. The Labute approximate surface area is 134 Å². The van der Waals surface area contributed by atoms with Gasteiger partial charge in [0.25, 0.3) is 5.91 Å². The number of carbonyl (C=O) groups excluding carboxylic acids is 1. The van der Waals surface area contributed by atoms with Gasteiger partial charge < -0.3 is 14.9 Å². The average Bonchev–Trinajstić information content (AvgIpc) is 2.52. The quantitative estimate of drug-likeness (QED) is 0.448. The second-order valence-electron chi connectivity index (χ2n) is 5.10. The summed E-state index contributed by atoms with van der Waals surface area (Å²) in [5.41, 5.74) is 4.87. The van der Waals surface area contributed by atoms with Crippen LogP contribution in [0.2, 0.25) is 0 Å². The standard InChI is InChI=1S/C17H18N2O4/c1-11-3-4-12(2)16(7-11)23-10-17(22)19-18-9-13-5-6-14(20)15(21)8-13/h3-9,20-21H,10H2,1-2H3,(H,19,22)/b18-9-. The molecule has 6 nitrogen and oxygen atoms in total. The van der Waals surface area contributed by atoms with Crippen LogP contribution in [-0.2, 0) is 4.79 Å². The van der Waals surface area contributed by atoms with Crippen LogP contribution in [0.15, 0.2) is 41.5 Å². The molecule has 0 saturated heterocycles. The van der Waals surface area contributed by atoms with E-state index in [0.717, 1.165) is 11.1 Å². The van der Waals surface area contributed by atoms with Crippen molar-refractivity contribution in [3.63, 3.8) is 0 Å². The maximum Gasteiger partial charge on any atom is 0.277 e. The number of rotatable bonds is 5. The number of nitrogens with one attached hydrogen (secondary N) is 1. The van der Waals surface area contributed by atoms with Crippen LogP contribution >= 0.6 is 0 Å². The average molecular weight is 314 g/mol. The van der Waals surface area contributed by atoms with Crippen molar-refractivity contribution in [3.05, 3.63) is 53.1 Å². The van der Waals surface area contributed by atoms with Crippen LogP contribution in [0.1, 0.15) is 16.7 Å². The number of amides is 1. The first-order valence-corrected chi connectivity index (χ1v) is 6.99. The molecule has 1 amide bonds. The molecule has 0 aliphatic heterocycles. The number of phenols is 2. The summed E-state index contributed by atoms with van der Waals surface area (Å²) >= 11 is 0. The van der Waals surface area contributed by atoms with Crippen LogP contribution in [0, 0.1) is 13.8 Å². The molecule has 6 heteroatoms. The molecule has 0 bridgehead atoms. The predicted molar refractivity (Wildman–Crippen MR) is 86.9 cm³/mol. The van der Waals surface area contributed by atoms with Gasteiger partial charge in [0.15, 0.2) is 18.1 Å². The molecule has 0 saturated carbocycles. The highest BCUT2D eigenvalue weighted by Gasteiger charge is 2.04. The van der Waals surface area contributed by atoms with Crippen LogP contribution in [-0.4, -0.2) is 28.9 Å². The first kappa shape index (κ1) is 16.4. The molecule has 0 aliphatic rings. The Morgan fingerprint density at radius 1 is 1.17 bits per heavy atom. The summed E-state index contributed by atoms with van der Waals surface area (Å²) in [4.78, 5) is 11.7. The Hall–Kier alpha value is -3.02. The molecule has 120 valence electrons. The van der Waals surface area contributed by atoms with Gasteiger partial charge in [-0.2, -0.15) is 5.10 Å². The van der Waals surface area contributed by atoms with Gasteiger partial charge in [0.05, 0.1) is 6.21 Å². The third-order valence-corrected chi connectivity index (χ3v) is 3.10. The lowest BCUT2D eigenvalue weighted by Crippen LogP contribution is -2.24. The minimum atomic E-state index is -0.398. The Bertz CT molecular complexity index is 741. The molecule has 0 atom stereocenters. The van der Waals surface area contributed by atoms with Crippen LogP contribution in [0.25, 0.3) is 0 Å². The van der Waals surface area contributed by atoms with Gasteiger partial charge in [0.2, 0.25) is 0 Å². The van der Waals surface area contributed by atoms with E-state index in [-0.39, 0.29) is 18.1 Å². The van der Waals surface area contributed by atoms with E-state index in [1.54, 1.807) is 6.07 Å². The summed E-state index contributed by atoms with van der Waals surface area (Å²) in [6.45, 7) is 3.70. The van der Waals surface area contributed by atoms with Crippen molar-refractivity contribution in [2.75, 3.05) is 6.61 Å². The summed E-state index contributed by atoms with van der Waals surface area (Å²) in [5, 5.41) is 22.3. The number of hydrazone groups is 1. The van der Waals surface area contributed by atoms with Gasteiger partial charge in [-0.25, -0.2) is 5.43 Å². The van der Waals surface area contributed by atoms with Gasteiger partial charge in [-0.1, -0.05) is 12.1 Å². The third kappa shape index (κ3) is 4.74. The molecule has 0 fully saturated rings. The minimum absolute atomic E-state index is 0.150. The van der Waals surface area contributed by atoms with Crippen molar-refractivity contribution in [2.24, 2.45) is 5.10 Å². The van der Waals surface area contributed by atoms with Gasteiger partial charge in [-0.05, 0) is 54.8 Å². The highest BCUT2D eigenvalue weighted by molar-refractivity contribution is 5.83. The van der Waals surface area contributed by atoms with Crippen LogP contribution in [0.5, 0.6) is 17.2 Å². The van der Waals surface area contributed by atoms with Gasteiger partial charge in [-0.3, -0.25) is 4.79 Å². The SMILES string of the molecule is Cc1ccc(C)c(OCC(=O)N/N=C\c2ccc(O)c(O)c2)c1. The number of hydrogen-bond donors (Lipinski definition) is 3. The van der Waals surface area contributed by atoms with E-state index in [0.29, 0.717) is 11.3 Å². The minimum Gasteiger partial charge on any atom is -0.504 e. The molecule has 0 spiro atoms. The topological polar surface area (TPSA) is 91.2 Å².